The summed E-state index contributed by atoms with van der Waals surface area (Å²) < 4.78 is 1.82. The number of aromatic nitrogens is 2. The topological polar surface area (TPSA) is 44.9 Å². The molecular weight excluding hydrogens is 164 g/mol. The van der Waals surface area contributed by atoms with Gasteiger partial charge in [-0.05, 0) is 13.5 Å². The lowest BCUT2D eigenvalue weighted by atomic mass is 10.1. The molecule has 13 heavy (non-hydrogen) atoms. The first-order valence-corrected chi connectivity index (χ1v) is 4.35. The fraction of sp³-hybridized carbons (Fsp3) is 0.556. The number of nitrogens with zero attached hydrogens (tertiary/aromatic N) is 4. The van der Waals surface area contributed by atoms with Gasteiger partial charge in [-0.1, -0.05) is 0 Å². The summed E-state index contributed by atoms with van der Waals surface area (Å²) in [4.78, 5) is 2.24. The molecule has 4 nitrogen and oxygen atoms in total. The molecule has 1 aliphatic rings. The summed E-state index contributed by atoms with van der Waals surface area (Å²) in [5, 5.41) is 13.0. The third-order valence-electron chi connectivity index (χ3n) is 2.54. The van der Waals surface area contributed by atoms with Gasteiger partial charge in [0.05, 0.1) is 5.69 Å². The maximum atomic E-state index is 8.83. The Morgan fingerprint density at radius 2 is 2.23 bits per heavy atom. The molecule has 2 heterocycles. The van der Waals surface area contributed by atoms with E-state index in [-0.39, 0.29) is 0 Å². The molecule has 0 atom stereocenters. The smallest absolute Gasteiger partial charge is 0.166 e. The van der Waals surface area contributed by atoms with Crippen LogP contribution in [0, 0.1) is 11.3 Å². The summed E-state index contributed by atoms with van der Waals surface area (Å²) in [6.45, 7) is 1.92. The first kappa shape index (κ1) is 8.27. The van der Waals surface area contributed by atoms with E-state index in [0.717, 1.165) is 25.1 Å². The zero-order valence-corrected chi connectivity index (χ0v) is 7.91. The zero-order valence-electron chi connectivity index (χ0n) is 7.91. The van der Waals surface area contributed by atoms with Gasteiger partial charge in [-0.15, -0.1) is 0 Å². The average molecular weight is 176 g/mol. The van der Waals surface area contributed by atoms with Gasteiger partial charge >= 0.3 is 0 Å². The molecule has 0 radical (unpaired) electrons. The first-order chi connectivity index (χ1) is 6.22. The number of aryl methyl sites for hydroxylation is 1. The molecule has 1 aromatic heterocycles. The van der Waals surface area contributed by atoms with Crippen LogP contribution in [0.5, 0.6) is 0 Å². The average Bonchev–Trinajstić information content (AvgIpc) is 2.43. The number of likely N-dealkylation sites (N-methyl/N-ethyl adjacent to an activating group) is 1. The molecule has 4 heteroatoms. The van der Waals surface area contributed by atoms with Crippen molar-refractivity contribution in [1.82, 2.24) is 14.7 Å². The van der Waals surface area contributed by atoms with E-state index < -0.39 is 0 Å². The highest BCUT2D eigenvalue weighted by molar-refractivity contribution is 5.36. The Kier molecular flexibility index (Phi) is 1.82. The molecule has 0 saturated heterocycles. The minimum atomic E-state index is 0.602. The number of hydrogen-bond donors (Lipinski definition) is 0. The van der Waals surface area contributed by atoms with Gasteiger partial charge in [-0.2, -0.15) is 10.4 Å². The third-order valence-corrected chi connectivity index (χ3v) is 2.54. The van der Waals surface area contributed by atoms with E-state index in [1.54, 1.807) is 0 Å². The Hall–Kier alpha value is -1.34. The van der Waals surface area contributed by atoms with Gasteiger partial charge in [-0.3, -0.25) is 4.68 Å². The van der Waals surface area contributed by atoms with Crippen molar-refractivity contribution < 1.29 is 0 Å². The summed E-state index contributed by atoms with van der Waals surface area (Å²) in [5.41, 5.74) is 2.93. The second kappa shape index (κ2) is 2.86. The lowest BCUT2D eigenvalue weighted by Crippen LogP contribution is -2.27. The molecule has 1 aliphatic heterocycles. The molecule has 68 valence electrons. The van der Waals surface area contributed by atoms with Crippen LogP contribution in [0.15, 0.2) is 0 Å². The Bertz CT molecular complexity index is 372. The van der Waals surface area contributed by atoms with Crippen LogP contribution in [0.4, 0.5) is 0 Å². The summed E-state index contributed by atoms with van der Waals surface area (Å²) in [6, 6.07) is 2.14. The molecule has 0 bridgehead atoms. The first-order valence-electron chi connectivity index (χ1n) is 4.35. The van der Waals surface area contributed by atoms with E-state index in [1.807, 2.05) is 11.7 Å². The van der Waals surface area contributed by atoms with Gasteiger partial charge in [0, 0.05) is 25.7 Å². The fourth-order valence-corrected chi connectivity index (χ4v) is 1.79. The summed E-state index contributed by atoms with van der Waals surface area (Å²) in [6.07, 6.45) is 0.947. The molecule has 1 aromatic rings. The maximum absolute atomic E-state index is 8.83. The monoisotopic (exact) mass is 176 g/mol. The fourth-order valence-electron chi connectivity index (χ4n) is 1.79. The van der Waals surface area contributed by atoms with Crippen LogP contribution in [0.2, 0.25) is 0 Å². The van der Waals surface area contributed by atoms with Crippen LogP contribution < -0.4 is 0 Å². The van der Waals surface area contributed by atoms with Crippen LogP contribution >= 0.6 is 0 Å². The standard InChI is InChI=1S/C9H12N4/c1-12-4-3-7-8(5-10)11-13(2)9(7)6-12/h3-4,6H2,1-2H3. The predicted molar refractivity (Wildman–Crippen MR) is 48.0 cm³/mol. The van der Waals surface area contributed by atoms with E-state index in [9.17, 15) is 0 Å². The lowest BCUT2D eigenvalue weighted by molar-refractivity contribution is 0.303. The lowest BCUT2D eigenvalue weighted by Gasteiger charge is -2.22. The molecule has 0 fully saturated rings. The molecule has 0 aliphatic carbocycles. The maximum Gasteiger partial charge on any atom is 0.166 e. The molecular formula is C9H12N4. The third kappa shape index (κ3) is 1.21. The molecule has 0 spiro atoms. The number of hydrogen-bond acceptors (Lipinski definition) is 3. The molecule has 0 aromatic carbocycles. The van der Waals surface area contributed by atoms with Crippen molar-refractivity contribution in [3.63, 3.8) is 0 Å². The van der Waals surface area contributed by atoms with Crippen molar-refractivity contribution >= 4 is 0 Å². The van der Waals surface area contributed by atoms with Crippen molar-refractivity contribution in [2.24, 2.45) is 7.05 Å². The van der Waals surface area contributed by atoms with Crippen molar-refractivity contribution in [3.8, 4) is 6.07 Å². The van der Waals surface area contributed by atoms with Gasteiger partial charge in [0.2, 0.25) is 0 Å². The van der Waals surface area contributed by atoms with Crippen LogP contribution in [0.25, 0.3) is 0 Å². The van der Waals surface area contributed by atoms with E-state index in [0.29, 0.717) is 5.69 Å². The Balaban J connectivity index is 2.49. The summed E-state index contributed by atoms with van der Waals surface area (Å²) in [7, 11) is 3.99. The van der Waals surface area contributed by atoms with Crippen LogP contribution in [0.3, 0.4) is 0 Å². The Morgan fingerprint density at radius 1 is 1.46 bits per heavy atom. The molecule has 0 N–H and O–H groups in total. The highest BCUT2D eigenvalue weighted by Crippen LogP contribution is 2.19. The highest BCUT2D eigenvalue weighted by Gasteiger charge is 2.21. The molecule has 2 rings (SSSR count). The van der Waals surface area contributed by atoms with E-state index in [1.165, 1.54) is 5.69 Å². The van der Waals surface area contributed by atoms with E-state index in [2.05, 4.69) is 23.1 Å². The largest absolute Gasteiger partial charge is 0.300 e. The van der Waals surface area contributed by atoms with E-state index in [4.69, 9.17) is 5.26 Å². The van der Waals surface area contributed by atoms with Crippen LogP contribution in [-0.2, 0) is 20.0 Å². The minimum Gasteiger partial charge on any atom is -0.300 e. The number of rotatable bonds is 0. The Labute approximate surface area is 77.4 Å². The summed E-state index contributed by atoms with van der Waals surface area (Å²) >= 11 is 0. The number of fused-ring (bicyclic) bond motifs is 1. The van der Waals surface area contributed by atoms with E-state index >= 15 is 0 Å². The normalized spacial score (nSPS) is 16.7. The minimum absolute atomic E-state index is 0.602. The van der Waals surface area contributed by atoms with Crippen molar-refractivity contribution in [2.45, 2.75) is 13.0 Å². The van der Waals surface area contributed by atoms with Crippen LogP contribution in [-0.4, -0.2) is 28.3 Å². The van der Waals surface area contributed by atoms with Gasteiger partial charge in [0.15, 0.2) is 5.69 Å². The molecule has 0 saturated carbocycles. The van der Waals surface area contributed by atoms with Gasteiger partial charge in [0.25, 0.3) is 0 Å². The second-order valence-electron chi connectivity index (χ2n) is 3.50. The quantitative estimate of drug-likeness (QED) is 0.570. The van der Waals surface area contributed by atoms with Gasteiger partial charge in [-0.25, -0.2) is 0 Å². The highest BCUT2D eigenvalue weighted by atomic mass is 15.3. The SMILES string of the molecule is CN1CCc2c(C#N)nn(C)c2C1. The van der Waals surface area contributed by atoms with Crippen molar-refractivity contribution in [1.29, 1.82) is 5.26 Å². The van der Waals surface area contributed by atoms with Crippen molar-refractivity contribution in [2.75, 3.05) is 13.6 Å². The predicted octanol–water partition coefficient (Wildman–Crippen LogP) is 0.280. The number of nitriles is 1. The zero-order chi connectivity index (χ0) is 9.42. The molecule has 0 unspecified atom stereocenters. The Morgan fingerprint density at radius 3 is 2.92 bits per heavy atom. The van der Waals surface area contributed by atoms with Gasteiger partial charge in [0.1, 0.15) is 6.07 Å². The molecule has 0 amide bonds. The van der Waals surface area contributed by atoms with Gasteiger partial charge < -0.3 is 4.90 Å². The summed E-state index contributed by atoms with van der Waals surface area (Å²) in [5.74, 6) is 0. The van der Waals surface area contributed by atoms with Crippen LogP contribution in [0.1, 0.15) is 17.0 Å². The second-order valence-corrected chi connectivity index (χ2v) is 3.50. The van der Waals surface area contributed by atoms with Crippen molar-refractivity contribution in [3.05, 3.63) is 17.0 Å².